The number of hydrogen-bond acceptors (Lipinski definition) is 5. The van der Waals surface area contributed by atoms with Crippen LogP contribution in [-0.2, 0) is 16.1 Å². The second-order valence-corrected chi connectivity index (χ2v) is 4.87. The van der Waals surface area contributed by atoms with E-state index in [9.17, 15) is 9.59 Å². The molecule has 0 atom stereocenters. The van der Waals surface area contributed by atoms with Crippen LogP contribution in [0.4, 0.5) is 0 Å². The van der Waals surface area contributed by atoms with Gasteiger partial charge in [-0.2, -0.15) is 0 Å². The van der Waals surface area contributed by atoms with Gasteiger partial charge >= 0.3 is 5.97 Å². The Hall–Kier alpha value is -3.22. The van der Waals surface area contributed by atoms with E-state index in [1.54, 1.807) is 47.3 Å². The third-order valence-electron chi connectivity index (χ3n) is 3.50. The van der Waals surface area contributed by atoms with E-state index in [0.717, 1.165) is 5.56 Å². The third-order valence-corrected chi connectivity index (χ3v) is 3.50. The van der Waals surface area contributed by atoms with Crippen molar-refractivity contribution < 1.29 is 14.3 Å². The van der Waals surface area contributed by atoms with Gasteiger partial charge in [-0.05, 0) is 24.3 Å². The first-order valence-electron chi connectivity index (χ1n) is 6.88. The lowest BCUT2D eigenvalue weighted by Gasteiger charge is -2.07. The summed E-state index contributed by atoms with van der Waals surface area (Å²) in [6.45, 7) is -0.0210. The van der Waals surface area contributed by atoms with Crippen LogP contribution < -0.4 is 5.73 Å². The van der Waals surface area contributed by atoms with Crippen LogP contribution in [-0.4, -0.2) is 33.5 Å². The molecular formula is C16H14N4O3. The van der Waals surface area contributed by atoms with Gasteiger partial charge in [0.05, 0.1) is 18.2 Å². The van der Waals surface area contributed by atoms with E-state index in [2.05, 4.69) is 9.97 Å². The number of primary amides is 1. The smallest absolute Gasteiger partial charge is 0.325 e. The number of benzene rings is 1. The van der Waals surface area contributed by atoms with Crippen molar-refractivity contribution in [3.8, 4) is 11.4 Å². The van der Waals surface area contributed by atoms with Crippen LogP contribution in [0.15, 0.2) is 42.7 Å². The van der Waals surface area contributed by atoms with Gasteiger partial charge in [-0.1, -0.05) is 6.07 Å². The first kappa shape index (κ1) is 14.7. The monoisotopic (exact) mass is 310 g/mol. The number of methoxy groups -OCH3 is 1. The zero-order chi connectivity index (χ0) is 16.4. The lowest BCUT2D eigenvalue weighted by atomic mass is 10.2. The molecule has 116 valence electrons. The van der Waals surface area contributed by atoms with Crippen LogP contribution >= 0.6 is 0 Å². The number of ether oxygens (including phenoxy) is 1. The highest BCUT2D eigenvalue weighted by atomic mass is 16.5. The Bertz CT molecular complexity index is 887. The molecule has 3 rings (SSSR count). The van der Waals surface area contributed by atoms with Gasteiger partial charge in [0.2, 0.25) is 0 Å². The number of nitrogens with zero attached hydrogens (tertiary/aromatic N) is 3. The molecule has 3 aromatic rings. The van der Waals surface area contributed by atoms with Gasteiger partial charge in [0.25, 0.3) is 5.91 Å². The van der Waals surface area contributed by atoms with E-state index in [0.29, 0.717) is 22.4 Å². The Morgan fingerprint density at radius 3 is 2.61 bits per heavy atom. The van der Waals surface area contributed by atoms with Crippen LogP contribution in [0, 0.1) is 0 Å². The third kappa shape index (κ3) is 2.64. The first-order chi connectivity index (χ1) is 11.1. The van der Waals surface area contributed by atoms with Gasteiger partial charge in [-0.25, -0.2) is 4.98 Å². The van der Waals surface area contributed by atoms with Crippen molar-refractivity contribution in [2.24, 2.45) is 5.73 Å². The summed E-state index contributed by atoms with van der Waals surface area (Å²) >= 11 is 0. The largest absolute Gasteiger partial charge is 0.468 e. The van der Waals surface area contributed by atoms with E-state index >= 15 is 0 Å². The lowest BCUT2D eigenvalue weighted by Crippen LogP contribution is -2.13. The molecule has 0 aliphatic heterocycles. The molecule has 0 unspecified atom stereocenters. The average molecular weight is 310 g/mol. The standard InChI is InChI=1S/C16H14N4O3/c1-23-13(21)9-20-12-4-2-3-11(15(17)22)14(12)19-16(20)10-5-7-18-8-6-10/h2-8H,9H2,1H3,(H2,17,22). The highest BCUT2D eigenvalue weighted by Crippen LogP contribution is 2.26. The minimum atomic E-state index is -0.570. The Kier molecular flexibility index (Phi) is 3.76. The van der Waals surface area contributed by atoms with Crippen molar-refractivity contribution in [2.75, 3.05) is 7.11 Å². The Morgan fingerprint density at radius 2 is 1.96 bits per heavy atom. The van der Waals surface area contributed by atoms with Gasteiger partial charge < -0.3 is 15.0 Å². The number of para-hydroxylation sites is 1. The Balaban J connectivity index is 2.29. The van der Waals surface area contributed by atoms with Gasteiger partial charge in [-0.3, -0.25) is 14.6 Å². The lowest BCUT2D eigenvalue weighted by molar-refractivity contribution is -0.141. The zero-order valence-corrected chi connectivity index (χ0v) is 12.4. The number of aromatic nitrogens is 3. The van der Waals surface area contributed by atoms with Crippen molar-refractivity contribution in [1.82, 2.24) is 14.5 Å². The molecule has 23 heavy (non-hydrogen) atoms. The number of esters is 1. The van der Waals surface area contributed by atoms with Crippen molar-refractivity contribution >= 4 is 22.9 Å². The summed E-state index contributed by atoms with van der Waals surface area (Å²) in [7, 11) is 1.32. The summed E-state index contributed by atoms with van der Waals surface area (Å²) in [4.78, 5) is 31.9. The highest BCUT2D eigenvalue weighted by Gasteiger charge is 2.19. The number of fused-ring (bicyclic) bond motifs is 1. The highest BCUT2D eigenvalue weighted by molar-refractivity contribution is 6.05. The Labute approximate surface area is 131 Å². The van der Waals surface area contributed by atoms with E-state index in [1.807, 2.05) is 0 Å². The van der Waals surface area contributed by atoms with Crippen molar-refractivity contribution in [3.05, 3.63) is 48.3 Å². The normalized spacial score (nSPS) is 10.7. The van der Waals surface area contributed by atoms with E-state index < -0.39 is 11.9 Å². The summed E-state index contributed by atoms with van der Waals surface area (Å²) in [6, 6.07) is 8.64. The van der Waals surface area contributed by atoms with E-state index in [-0.39, 0.29) is 6.54 Å². The molecule has 1 amide bonds. The number of pyridine rings is 1. The van der Waals surface area contributed by atoms with Gasteiger partial charge in [0, 0.05) is 18.0 Å². The fourth-order valence-electron chi connectivity index (χ4n) is 2.42. The molecule has 0 radical (unpaired) electrons. The molecule has 7 heteroatoms. The molecule has 0 bridgehead atoms. The topological polar surface area (TPSA) is 100 Å². The first-order valence-corrected chi connectivity index (χ1v) is 6.88. The fraction of sp³-hybridized carbons (Fsp3) is 0.125. The molecule has 2 N–H and O–H groups in total. The van der Waals surface area contributed by atoms with Crippen molar-refractivity contribution in [3.63, 3.8) is 0 Å². The summed E-state index contributed by atoms with van der Waals surface area (Å²) in [5.41, 5.74) is 7.59. The number of hydrogen-bond donors (Lipinski definition) is 1. The predicted molar refractivity (Wildman–Crippen MR) is 83.5 cm³/mol. The summed E-state index contributed by atoms with van der Waals surface area (Å²) in [6.07, 6.45) is 3.26. The second kappa shape index (κ2) is 5.88. The maximum absolute atomic E-state index is 11.8. The van der Waals surface area contributed by atoms with E-state index in [1.165, 1.54) is 7.11 Å². The van der Waals surface area contributed by atoms with Crippen molar-refractivity contribution in [2.45, 2.75) is 6.54 Å². The van der Waals surface area contributed by atoms with Crippen molar-refractivity contribution in [1.29, 1.82) is 0 Å². The molecule has 0 aliphatic rings. The number of rotatable bonds is 4. The maximum atomic E-state index is 11.8. The van der Waals surface area contributed by atoms with Crippen LogP contribution in [0.25, 0.3) is 22.4 Å². The summed E-state index contributed by atoms with van der Waals surface area (Å²) < 4.78 is 6.45. The number of carbonyl (C=O) groups is 2. The van der Waals surface area contributed by atoms with Crippen LogP contribution in [0.5, 0.6) is 0 Å². The number of imidazole rings is 1. The molecule has 2 aromatic heterocycles. The Morgan fingerprint density at radius 1 is 1.22 bits per heavy atom. The number of amides is 1. The number of nitrogens with two attached hydrogens (primary N) is 1. The van der Waals surface area contributed by atoms with Gasteiger partial charge in [-0.15, -0.1) is 0 Å². The van der Waals surface area contributed by atoms with Crippen LogP contribution in [0.2, 0.25) is 0 Å². The summed E-state index contributed by atoms with van der Waals surface area (Å²) in [5, 5.41) is 0. The molecule has 1 aromatic carbocycles. The maximum Gasteiger partial charge on any atom is 0.325 e. The van der Waals surface area contributed by atoms with Gasteiger partial charge in [0.1, 0.15) is 17.9 Å². The van der Waals surface area contributed by atoms with Gasteiger partial charge in [0.15, 0.2) is 0 Å². The molecule has 0 fully saturated rings. The molecule has 2 heterocycles. The fourth-order valence-corrected chi connectivity index (χ4v) is 2.42. The molecule has 0 spiro atoms. The van der Waals surface area contributed by atoms with Crippen LogP contribution in [0.3, 0.4) is 0 Å². The average Bonchev–Trinajstić information content (AvgIpc) is 2.94. The second-order valence-electron chi connectivity index (χ2n) is 4.87. The minimum Gasteiger partial charge on any atom is -0.468 e. The molecule has 7 nitrogen and oxygen atoms in total. The molecule has 0 saturated heterocycles. The minimum absolute atomic E-state index is 0.0210. The number of carbonyl (C=O) groups excluding carboxylic acids is 2. The quantitative estimate of drug-likeness (QED) is 0.734. The molecule has 0 aliphatic carbocycles. The SMILES string of the molecule is COC(=O)Cn1c(-c2ccncc2)nc2c(C(N)=O)cccc21. The van der Waals surface area contributed by atoms with E-state index in [4.69, 9.17) is 10.5 Å². The predicted octanol–water partition coefficient (Wildman–Crippen LogP) is 1.37. The van der Waals surface area contributed by atoms with Crippen LogP contribution in [0.1, 0.15) is 10.4 Å². The zero-order valence-electron chi connectivity index (χ0n) is 12.4. The molecular weight excluding hydrogens is 296 g/mol. The summed E-state index contributed by atoms with van der Waals surface area (Å²) in [5.74, 6) is -0.440. The molecule has 0 saturated carbocycles.